The molecule has 0 aromatic heterocycles. The topological polar surface area (TPSA) is 26.0 Å². The van der Waals surface area contributed by atoms with Gasteiger partial charge in [-0.3, -0.25) is 0 Å². The van der Waals surface area contributed by atoms with E-state index in [2.05, 4.69) is 52.0 Å². The second-order valence-electron chi connectivity index (χ2n) is 7.25. The smallest absolute Gasteiger partial charge is 0.0113 e. The van der Waals surface area contributed by atoms with E-state index < -0.39 is 0 Å². The van der Waals surface area contributed by atoms with Gasteiger partial charge in [0, 0.05) is 6.04 Å². The Morgan fingerprint density at radius 2 is 1.84 bits per heavy atom. The van der Waals surface area contributed by atoms with Crippen molar-refractivity contribution in [3.8, 4) is 0 Å². The van der Waals surface area contributed by atoms with Crippen LogP contribution in [0, 0.1) is 11.3 Å². The van der Waals surface area contributed by atoms with Gasteiger partial charge in [0.2, 0.25) is 0 Å². The highest BCUT2D eigenvalue weighted by Gasteiger charge is 2.37. The van der Waals surface area contributed by atoms with E-state index in [1.807, 2.05) is 0 Å². The van der Waals surface area contributed by atoms with Crippen LogP contribution in [0.3, 0.4) is 0 Å². The number of hydrogen-bond donors (Lipinski definition) is 1. The summed E-state index contributed by atoms with van der Waals surface area (Å²) in [6.07, 6.45) is 5.00. The van der Waals surface area contributed by atoms with Gasteiger partial charge in [-0.15, -0.1) is 0 Å². The summed E-state index contributed by atoms with van der Waals surface area (Å²) in [5.74, 6) is 1.29. The molecule has 2 unspecified atom stereocenters. The summed E-state index contributed by atoms with van der Waals surface area (Å²) in [6.45, 7) is 9.24. The molecule has 0 radical (unpaired) electrons. The SMILES string of the molecule is CC(C)c1ccc(CC(N)C2CCCC2(C)C)cc1. The fourth-order valence-electron chi connectivity index (χ4n) is 3.60. The van der Waals surface area contributed by atoms with Crippen LogP contribution in [0.1, 0.15) is 64.0 Å². The minimum Gasteiger partial charge on any atom is -0.327 e. The van der Waals surface area contributed by atoms with E-state index in [0.717, 1.165) is 6.42 Å². The molecule has 1 nitrogen and oxygen atoms in total. The molecular formula is C18H29N. The van der Waals surface area contributed by atoms with Gasteiger partial charge in [0.25, 0.3) is 0 Å². The lowest BCUT2D eigenvalue weighted by Gasteiger charge is -2.32. The zero-order valence-electron chi connectivity index (χ0n) is 12.9. The van der Waals surface area contributed by atoms with Crippen molar-refractivity contribution in [2.45, 2.75) is 65.3 Å². The van der Waals surface area contributed by atoms with Gasteiger partial charge in [0.15, 0.2) is 0 Å². The van der Waals surface area contributed by atoms with Crippen molar-refractivity contribution >= 4 is 0 Å². The second-order valence-corrected chi connectivity index (χ2v) is 7.25. The van der Waals surface area contributed by atoms with E-state index in [1.54, 1.807) is 0 Å². The summed E-state index contributed by atoms with van der Waals surface area (Å²) in [4.78, 5) is 0. The van der Waals surface area contributed by atoms with Crippen LogP contribution in [0.25, 0.3) is 0 Å². The third kappa shape index (κ3) is 3.39. The van der Waals surface area contributed by atoms with Gasteiger partial charge < -0.3 is 5.73 Å². The Morgan fingerprint density at radius 1 is 1.21 bits per heavy atom. The molecule has 2 rings (SSSR count). The average Bonchev–Trinajstić information content (AvgIpc) is 2.69. The molecule has 19 heavy (non-hydrogen) atoms. The van der Waals surface area contributed by atoms with Gasteiger partial charge >= 0.3 is 0 Å². The van der Waals surface area contributed by atoms with Crippen molar-refractivity contribution in [1.29, 1.82) is 0 Å². The van der Waals surface area contributed by atoms with Gasteiger partial charge in [0.05, 0.1) is 0 Å². The maximum absolute atomic E-state index is 6.48. The molecule has 0 bridgehead atoms. The monoisotopic (exact) mass is 259 g/mol. The molecule has 1 heteroatoms. The van der Waals surface area contributed by atoms with Crippen molar-refractivity contribution in [1.82, 2.24) is 0 Å². The lowest BCUT2D eigenvalue weighted by Crippen LogP contribution is -2.38. The van der Waals surface area contributed by atoms with Crippen LogP contribution in [0.5, 0.6) is 0 Å². The summed E-state index contributed by atoms with van der Waals surface area (Å²) in [6, 6.07) is 9.34. The molecule has 1 aromatic rings. The van der Waals surface area contributed by atoms with E-state index in [-0.39, 0.29) is 0 Å². The normalized spacial score (nSPS) is 23.8. The molecule has 0 amide bonds. The number of benzene rings is 1. The standard InChI is InChI=1S/C18H29N/c1-13(2)15-9-7-14(8-10-15)12-17(19)16-6-5-11-18(16,3)4/h7-10,13,16-17H,5-6,11-12,19H2,1-4H3. The highest BCUT2D eigenvalue weighted by atomic mass is 14.7. The van der Waals surface area contributed by atoms with Crippen molar-refractivity contribution in [2.75, 3.05) is 0 Å². The number of hydrogen-bond acceptors (Lipinski definition) is 1. The Balaban J connectivity index is 2.00. The van der Waals surface area contributed by atoms with Gasteiger partial charge in [-0.2, -0.15) is 0 Å². The first-order valence-corrected chi connectivity index (χ1v) is 7.74. The minimum absolute atomic E-state index is 0.308. The minimum atomic E-state index is 0.308. The lowest BCUT2D eigenvalue weighted by atomic mass is 9.76. The third-order valence-electron chi connectivity index (χ3n) is 4.97. The maximum Gasteiger partial charge on any atom is 0.0113 e. The van der Waals surface area contributed by atoms with Crippen LogP contribution < -0.4 is 5.73 Å². The van der Waals surface area contributed by atoms with E-state index in [9.17, 15) is 0 Å². The van der Waals surface area contributed by atoms with Crippen molar-refractivity contribution in [3.05, 3.63) is 35.4 Å². The highest BCUT2D eigenvalue weighted by Crippen LogP contribution is 2.44. The van der Waals surface area contributed by atoms with Crippen molar-refractivity contribution < 1.29 is 0 Å². The van der Waals surface area contributed by atoms with Crippen molar-refractivity contribution in [3.63, 3.8) is 0 Å². The molecule has 106 valence electrons. The quantitative estimate of drug-likeness (QED) is 0.846. The van der Waals surface area contributed by atoms with Gasteiger partial charge in [-0.25, -0.2) is 0 Å². The Hall–Kier alpha value is -0.820. The highest BCUT2D eigenvalue weighted by molar-refractivity contribution is 5.25. The van der Waals surface area contributed by atoms with Crippen LogP contribution in [0.4, 0.5) is 0 Å². The first-order valence-electron chi connectivity index (χ1n) is 7.74. The summed E-state index contributed by atoms with van der Waals surface area (Å²) in [5, 5.41) is 0. The van der Waals surface area contributed by atoms with Crippen molar-refractivity contribution in [2.24, 2.45) is 17.1 Å². The molecule has 1 fully saturated rings. The maximum atomic E-state index is 6.48. The van der Waals surface area contributed by atoms with Crippen LogP contribution in [0.15, 0.2) is 24.3 Å². The molecule has 1 saturated carbocycles. The van der Waals surface area contributed by atoms with Gasteiger partial charge in [-0.05, 0) is 47.6 Å². The molecule has 0 heterocycles. The van der Waals surface area contributed by atoms with Gasteiger partial charge in [0.1, 0.15) is 0 Å². The number of rotatable bonds is 4. The lowest BCUT2D eigenvalue weighted by molar-refractivity contribution is 0.220. The molecule has 1 aliphatic carbocycles. The summed E-state index contributed by atoms with van der Waals surface area (Å²) in [7, 11) is 0. The zero-order valence-corrected chi connectivity index (χ0v) is 12.9. The number of nitrogens with two attached hydrogens (primary N) is 1. The van der Waals surface area contributed by atoms with E-state index >= 15 is 0 Å². The summed E-state index contributed by atoms with van der Waals surface area (Å²) >= 11 is 0. The molecule has 2 N–H and O–H groups in total. The average molecular weight is 259 g/mol. The predicted octanol–water partition coefficient (Wildman–Crippen LogP) is 4.51. The predicted molar refractivity (Wildman–Crippen MR) is 83.3 cm³/mol. The molecule has 0 aliphatic heterocycles. The van der Waals surface area contributed by atoms with E-state index in [1.165, 1.54) is 30.4 Å². The molecular weight excluding hydrogens is 230 g/mol. The molecule has 1 aliphatic rings. The Labute approximate surface area is 118 Å². The second kappa shape index (κ2) is 5.66. The zero-order chi connectivity index (χ0) is 14.0. The van der Waals surface area contributed by atoms with Gasteiger partial charge in [-0.1, -0.05) is 58.4 Å². The Bertz CT molecular complexity index is 402. The molecule has 2 atom stereocenters. The molecule has 0 saturated heterocycles. The van der Waals surface area contributed by atoms with Crippen LogP contribution >= 0.6 is 0 Å². The van der Waals surface area contributed by atoms with E-state index in [4.69, 9.17) is 5.73 Å². The fourth-order valence-corrected chi connectivity index (χ4v) is 3.60. The Morgan fingerprint density at radius 3 is 2.32 bits per heavy atom. The largest absolute Gasteiger partial charge is 0.327 e. The molecule has 0 spiro atoms. The third-order valence-corrected chi connectivity index (χ3v) is 4.97. The molecule has 1 aromatic carbocycles. The first kappa shape index (κ1) is 14.6. The van der Waals surface area contributed by atoms with Crippen LogP contribution in [-0.2, 0) is 6.42 Å². The van der Waals surface area contributed by atoms with Crippen LogP contribution in [0.2, 0.25) is 0 Å². The fraction of sp³-hybridized carbons (Fsp3) is 0.667. The van der Waals surface area contributed by atoms with Crippen LogP contribution in [-0.4, -0.2) is 6.04 Å². The summed E-state index contributed by atoms with van der Waals surface area (Å²) in [5.41, 5.74) is 9.72. The first-order chi connectivity index (χ1) is 8.90. The Kier molecular flexibility index (Phi) is 4.35. The summed E-state index contributed by atoms with van der Waals surface area (Å²) < 4.78 is 0. The van der Waals surface area contributed by atoms with E-state index in [0.29, 0.717) is 23.3 Å².